The fourth-order valence-corrected chi connectivity index (χ4v) is 6.23. The molecule has 1 amide bonds. The summed E-state index contributed by atoms with van der Waals surface area (Å²) in [6, 6.07) is 7.43. The average molecular weight is 411 g/mol. The van der Waals surface area contributed by atoms with E-state index in [9.17, 15) is 14.4 Å². The summed E-state index contributed by atoms with van der Waals surface area (Å²) in [6.07, 6.45) is 4.92. The molecule has 5 rings (SSSR count). The van der Waals surface area contributed by atoms with E-state index in [-0.39, 0.29) is 35.1 Å². The van der Waals surface area contributed by atoms with Crippen LogP contribution >= 0.6 is 0 Å². The lowest BCUT2D eigenvalue weighted by atomic mass is 9.60. The summed E-state index contributed by atoms with van der Waals surface area (Å²) in [6.45, 7) is 4.41. The molecule has 2 saturated carbocycles. The Morgan fingerprint density at radius 1 is 1.33 bits per heavy atom. The van der Waals surface area contributed by atoms with Crippen LogP contribution in [0.1, 0.15) is 57.9 Å². The molecule has 4 unspecified atom stereocenters. The maximum Gasteiger partial charge on any atom is 0.223 e. The molecule has 2 N–H and O–H groups in total. The molecule has 0 aromatic heterocycles. The van der Waals surface area contributed by atoms with Crippen LogP contribution in [0.2, 0.25) is 0 Å². The van der Waals surface area contributed by atoms with Crippen LogP contribution in [-0.2, 0) is 4.79 Å². The van der Waals surface area contributed by atoms with Gasteiger partial charge in [-0.05, 0) is 56.1 Å². The van der Waals surface area contributed by atoms with Gasteiger partial charge in [-0.1, -0.05) is 19.9 Å². The zero-order valence-electron chi connectivity index (χ0n) is 18.1. The van der Waals surface area contributed by atoms with E-state index in [1.807, 2.05) is 18.7 Å². The number of carbonyl (C=O) groups excluding carboxylic acids is 1. The fraction of sp³-hybridized carbons (Fsp3) is 0.625. The van der Waals surface area contributed by atoms with Crippen LogP contribution in [-0.4, -0.2) is 36.2 Å². The van der Waals surface area contributed by atoms with Crippen molar-refractivity contribution in [1.82, 2.24) is 4.90 Å². The number of hydrogen-bond donors (Lipinski definition) is 2. The van der Waals surface area contributed by atoms with Gasteiger partial charge in [-0.25, -0.2) is 4.39 Å². The van der Waals surface area contributed by atoms with E-state index in [0.717, 1.165) is 32.1 Å². The number of nitriles is 1. The molecule has 1 aromatic rings. The van der Waals surface area contributed by atoms with E-state index < -0.39 is 11.2 Å². The molecule has 0 spiro atoms. The zero-order chi connectivity index (χ0) is 21.7. The predicted molar refractivity (Wildman–Crippen MR) is 115 cm³/mol. The van der Waals surface area contributed by atoms with E-state index in [1.54, 1.807) is 19.2 Å². The third kappa shape index (κ3) is 3.49. The highest BCUT2D eigenvalue weighted by atomic mass is 19.1. The molecule has 2 heterocycles. The molecule has 0 radical (unpaired) electrons. The summed E-state index contributed by atoms with van der Waals surface area (Å²) in [4.78, 5) is 15.4. The van der Waals surface area contributed by atoms with Crippen LogP contribution in [0.4, 0.5) is 10.1 Å². The number of rotatable bonds is 5. The molecule has 2 aliphatic heterocycles. The van der Waals surface area contributed by atoms with Crippen molar-refractivity contribution in [3.63, 3.8) is 0 Å². The van der Waals surface area contributed by atoms with E-state index in [1.165, 1.54) is 6.07 Å². The Morgan fingerprint density at radius 3 is 2.77 bits per heavy atom. The van der Waals surface area contributed by atoms with Gasteiger partial charge >= 0.3 is 0 Å². The normalized spacial score (nSPS) is 30.0. The minimum absolute atomic E-state index is 0.0263. The van der Waals surface area contributed by atoms with Crippen molar-refractivity contribution in [3.05, 3.63) is 29.6 Å². The predicted octanol–water partition coefficient (Wildman–Crippen LogP) is 4.58. The molecule has 4 aliphatic rings. The SMILES string of the molecule is CNc1cccc(F)c1C(=N)C(C)(C)CC(=O)N1CC2CC3CC1CC(C#N)(C3)C2. The Kier molecular flexibility index (Phi) is 5.12. The molecule has 2 saturated heterocycles. The largest absolute Gasteiger partial charge is 0.387 e. The summed E-state index contributed by atoms with van der Waals surface area (Å²) in [7, 11) is 1.71. The molecule has 4 bridgehead atoms. The van der Waals surface area contributed by atoms with Gasteiger partial charge < -0.3 is 15.6 Å². The van der Waals surface area contributed by atoms with Crippen molar-refractivity contribution in [1.29, 1.82) is 10.7 Å². The van der Waals surface area contributed by atoms with Gasteiger partial charge in [0.2, 0.25) is 5.91 Å². The fourth-order valence-electron chi connectivity index (χ4n) is 6.23. The number of fused-ring (bicyclic) bond motifs is 1. The number of hydrogen-bond acceptors (Lipinski definition) is 4. The first-order valence-electron chi connectivity index (χ1n) is 10.9. The molecule has 4 fully saturated rings. The second kappa shape index (κ2) is 7.37. The number of nitrogens with zero attached hydrogens (tertiary/aromatic N) is 2. The van der Waals surface area contributed by atoms with Crippen LogP contribution < -0.4 is 5.32 Å². The Morgan fingerprint density at radius 2 is 2.07 bits per heavy atom. The summed E-state index contributed by atoms with van der Waals surface area (Å²) < 4.78 is 14.6. The first-order valence-corrected chi connectivity index (χ1v) is 10.9. The first-order chi connectivity index (χ1) is 14.2. The highest BCUT2D eigenvalue weighted by molar-refractivity contribution is 6.08. The molecule has 6 heteroatoms. The van der Waals surface area contributed by atoms with Crippen LogP contribution in [0.15, 0.2) is 18.2 Å². The van der Waals surface area contributed by atoms with E-state index >= 15 is 0 Å². The number of nitrogens with one attached hydrogen (secondary N) is 2. The smallest absolute Gasteiger partial charge is 0.223 e. The number of benzene rings is 1. The van der Waals surface area contributed by atoms with Crippen LogP contribution in [0.3, 0.4) is 0 Å². The Balaban J connectivity index is 1.55. The monoisotopic (exact) mass is 410 g/mol. The molecule has 160 valence electrons. The quantitative estimate of drug-likeness (QED) is 0.697. The van der Waals surface area contributed by atoms with E-state index in [0.29, 0.717) is 24.1 Å². The summed E-state index contributed by atoms with van der Waals surface area (Å²) in [5.41, 5.74) is -0.143. The maximum atomic E-state index is 14.6. The summed E-state index contributed by atoms with van der Waals surface area (Å²) >= 11 is 0. The molecular weight excluding hydrogens is 379 g/mol. The molecule has 1 aromatic carbocycles. The molecule has 4 atom stereocenters. The minimum atomic E-state index is -0.804. The molecular formula is C24H31FN4O. The van der Waals surface area contributed by atoms with Gasteiger partial charge in [-0.2, -0.15) is 5.26 Å². The van der Waals surface area contributed by atoms with Crippen molar-refractivity contribution < 1.29 is 9.18 Å². The topological polar surface area (TPSA) is 80.0 Å². The Hall–Kier alpha value is -2.42. The van der Waals surface area contributed by atoms with Gasteiger partial charge in [-0.3, -0.25) is 4.79 Å². The van der Waals surface area contributed by atoms with Gasteiger partial charge in [-0.15, -0.1) is 0 Å². The minimum Gasteiger partial charge on any atom is -0.387 e. The third-order valence-corrected chi connectivity index (χ3v) is 7.51. The Bertz CT molecular complexity index is 920. The van der Waals surface area contributed by atoms with Gasteiger partial charge in [0.1, 0.15) is 5.82 Å². The highest BCUT2D eigenvalue weighted by Crippen LogP contribution is 2.54. The lowest BCUT2D eigenvalue weighted by Gasteiger charge is -2.44. The van der Waals surface area contributed by atoms with Gasteiger partial charge in [0.05, 0.1) is 17.0 Å². The van der Waals surface area contributed by atoms with Crippen molar-refractivity contribution in [2.75, 3.05) is 18.9 Å². The maximum absolute atomic E-state index is 14.6. The van der Waals surface area contributed by atoms with Gasteiger partial charge in [0, 0.05) is 42.9 Å². The van der Waals surface area contributed by atoms with Crippen LogP contribution in [0, 0.1) is 45.2 Å². The van der Waals surface area contributed by atoms with Crippen molar-refractivity contribution in [2.45, 2.75) is 58.4 Å². The van der Waals surface area contributed by atoms with Gasteiger partial charge in [0.25, 0.3) is 0 Å². The molecule has 30 heavy (non-hydrogen) atoms. The zero-order valence-corrected chi connectivity index (χ0v) is 18.1. The second-order valence-corrected chi connectivity index (χ2v) is 10.3. The number of halogens is 1. The van der Waals surface area contributed by atoms with E-state index in [2.05, 4.69) is 11.4 Å². The number of amides is 1. The first kappa shape index (κ1) is 20.8. The molecule has 2 aliphatic carbocycles. The summed E-state index contributed by atoms with van der Waals surface area (Å²) in [5.74, 6) is 0.514. The van der Waals surface area contributed by atoms with Crippen LogP contribution in [0.5, 0.6) is 0 Å². The van der Waals surface area contributed by atoms with E-state index in [4.69, 9.17) is 5.41 Å². The lowest BCUT2D eigenvalue weighted by Crippen LogP contribution is -2.46. The number of anilines is 1. The van der Waals surface area contributed by atoms with Crippen molar-refractivity contribution >= 4 is 17.3 Å². The Labute approximate surface area is 178 Å². The number of carbonyl (C=O) groups is 1. The summed E-state index contributed by atoms with van der Waals surface area (Å²) in [5, 5.41) is 21.5. The lowest BCUT2D eigenvalue weighted by molar-refractivity contribution is -0.135. The van der Waals surface area contributed by atoms with Gasteiger partial charge in [0.15, 0.2) is 0 Å². The standard InChI is InChI=1S/C24H31FN4O/c1-23(2,22(27)21-18(25)5-4-6-19(21)28-3)12-20(30)29-13-16-7-15-8-17(29)11-24(9-15,10-16)14-26/h4-6,15-17,27-28H,7-13H2,1-3H3. The third-order valence-electron chi connectivity index (χ3n) is 7.51. The van der Waals surface area contributed by atoms with Crippen molar-refractivity contribution in [2.24, 2.45) is 22.7 Å². The highest BCUT2D eigenvalue weighted by Gasteiger charge is 2.52. The molecule has 5 nitrogen and oxygen atoms in total. The second-order valence-electron chi connectivity index (χ2n) is 10.3. The van der Waals surface area contributed by atoms with Crippen LogP contribution in [0.25, 0.3) is 0 Å². The van der Waals surface area contributed by atoms with Crippen molar-refractivity contribution in [3.8, 4) is 6.07 Å². The average Bonchev–Trinajstić information content (AvgIpc) is 2.89.